The van der Waals surface area contributed by atoms with Crippen molar-refractivity contribution in [3.8, 4) is 0 Å². The second kappa shape index (κ2) is 8.63. The molecule has 2 aromatic carbocycles. The number of halogens is 1. The second-order valence-electron chi connectivity index (χ2n) is 6.71. The van der Waals surface area contributed by atoms with Crippen LogP contribution in [-0.2, 0) is 10.0 Å². The van der Waals surface area contributed by atoms with Gasteiger partial charge >= 0.3 is 0 Å². The molecule has 1 aliphatic rings. The maximum absolute atomic E-state index is 12.8. The van der Waals surface area contributed by atoms with Crippen LogP contribution in [0.2, 0.25) is 0 Å². The molecule has 1 heterocycles. The van der Waals surface area contributed by atoms with Gasteiger partial charge < -0.3 is 9.80 Å². The fraction of sp³-hybridized carbons (Fsp3) is 0.350. The Balaban J connectivity index is 1.65. The van der Waals surface area contributed by atoms with Crippen LogP contribution in [-0.4, -0.2) is 63.3 Å². The van der Waals surface area contributed by atoms with Crippen molar-refractivity contribution >= 4 is 37.5 Å². The van der Waals surface area contributed by atoms with Crippen molar-refractivity contribution in [3.63, 3.8) is 0 Å². The predicted molar refractivity (Wildman–Crippen MR) is 114 cm³/mol. The number of benzene rings is 2. The molecule has 0 N–H and O–H groups in total. The summed E-state index contributed by atoms with van der Waals surface area (Å²) in [4.78, 5) is 16.8. The number of rotatable bonds is 5. The third kappa shape index (κ3) is 4.39. The number of carbonyl (C=O) groups excluding carboxylic acids is 1. The zero-order chi connectivity index (χ0) is 20.3. The van der Waals surface area contributed by atoms with Crippen molar-refractivity contribution in [1.82, 2.24) is 9.21 Å². The van der Waals surface area contributed by atoms with Gasteiger partial charge in [0.2, 0.25) is 10.0 Å². The lowest BCUT2D eigenvalue weighted by atomic mass is 10.1. The van der Waals surface area contributed by atoms with Crippen molar-refractivity contribution in [1.29, 1.82) is 0 Å². The molecule has 0 spiro atoms. The van der Waals surface area contributed by atoms with Gasteiger partial charge in [0, 0.05) is 55.5 Å². The minimum absolute atomic E-state index is 0.0646. The smallest absolute Gasteiger partial charge is 0.253 e. The van der Waals surface area contributed by atoms with Crippen LogP contribution in [0.3, 0.4) is 0 Å². The molecular formula is C20H24BrN3O3S. The van der Waals surface area contributed by atoms with E-state index in [1.807, 2.05) is 31.3 Å². The number of nitrogens with zero attached hydrogens (tertiary/aromatic N) is 3. The topological polar surface area (TPSA) is 60.9 Å². The number of anilines is 1. The van der Waals surface area contributed by atoms with Crippen LogP contribution < -0.4 is 4.90 Å². The lowest BCUT2D eigenvalue weighted by Gasteiger charge is -2.34. The van der Waals surface area contributed by atoms with E-state index in [1.54, 1.807) is 29.2 Å². The first-order chi connectivity index (χ1) is 13.3. The van der Waals surface area contributed by atoms with E-state index < -0.39 is 10.0 Å². The van der Waals surface area contributed by atoms with Crippen molar-refractivity contribution in [2.75, 3.05) is 44.7 Å². The molecular weight excluding hydrogens is 442 g/mol. The van der Waals surface area contributed by atoms with E-state index in [-0.39, 0.29) is 23.9 Å². The molecule has 0 aromatic heterocycles. The van der Waals surface area contributed by atoms with Crippen molar-refractivity contribution < 1.29 is 13.2 Å². The first kappa shape index (κ1) is 20.8. The molecule has 0 aliphatic carbocycles. The molecule has 0 atom stereocenters. The van der Waals surface area contributed by atoms with Crippen LogP contribution in [0.4, 0.5) is 5.69 Å². The third-order valence-electron chi connectivity index (χ3n) is 4.99. The molecule has 0 saturated carbocycles. The van der Waals surface area contributed by atoms with E-state index in [4.69, 9.17) is 0 Å². The zero-order valence-electron chi connectivity index (χ0n) is 16.0. The Morgan fingerprint density at radius 2 is 1.71 bits per heavy atom. The Morgan fingerprint density at radius 1 is 1.07 bits per heavy atom. The van der Waals surface area contributed by atoms with Gasteiger partial charge in [-0.2, -0.15) is 4.31 Å². The van der Waals surface area contributed by atoms with E-state index >= 15 is 0 Å². The Labute approximate surface area is 174 Å². The van der Waals surface area contributed by atoms with Crippen LogP contribution >= 0.6 is 15.9 Å². The zero-order valence-corrected chi connectivity index (χ0v) is 18.4. The maximum atomic E-state index is 12.8. The molecule has 1 amide bonds. The summed E-state index contributed by atoms with van der Waals surface area (Å²) in [5.74, 6) is -0.0646. The third-order valence-corrected chi connectivity index (χ3v) is 7.38. The number of hydrogen-bond acceptors (Lipinski definition) is 4. The van der Waals surface area contributed by atoms with Gasteiger partial charge in [-0.25, -0.2) is 8.42 Å². The quantitative estimate of drug-likeness (QED) is 0.680. The largest absolute Gasteiger partial charge is 0.375 e. The normalized spacial score (nSPS) is 15.5. The van der Waals surface area contributed by atoms with Gasteiger partial charge in [0.1, 0.15) is 0 Å². The van der Waals surface area contributed by atoms with Gasteiger partial charge in [-0.05, 0) is 49.4 Å². The summed E-state index contributed by atoms with van der Waals surface area (Å²) in [5, 5.41) is 0. The van der Waals surface area contributed by atoms with E-state index in [9.17, 15) is 13.2 Å². The summed E-state index contributed by atoms with van der Waals surface area (Å²) in [5.41, 5.74) is 1.68. The highest BCUT2D eigenvalue weighted by Crippen LogP contribution is 2.22. The summed E-state index contributed by atoms with van der Waals surface area (Å²) < 4.78 is 27.8. The van der Waals surface area contributed by atoms with Gasteiger partial charge in [0.15, 0.2) is 0 Å². The Hall–Kier alpha value is -1.90. The van der Waals surface area contributed by atoms with Gasteiger partial charge in [-0.15, -0.1) is 0 Å². The predicted octanol–water partition coefficient (Wildman–Crippen LogP) is 3.05. The highest BCUT2D eigenvalue weighted by Gasteiger charge is 2.30. The average Bonchev–Trinajstić information content (AvgIpc) is 2.73. The molecule has 0 radical (unpaired) electrons. The van der Waals surface area contributed by atoms with Crippen molar-refractivity contribution in [2.45, 2.75) is 11.8 Å². The number of amides is 1. The maximum Gasteiger partial charge on any atom is 0.253 e. The molecule has 6 nitrogen and oxygen atoms in total. The minimum Gasteiger partial charge on any atom is -0.375 e. The lowest BCUT2D eigenvalue weighted by Crippen LogP contribution is -2.50. The number of carbonyl (C=O) groups is 1. The van der Waals surface area contributed by atoms with Gasteiger partial charge in [-0.1, -0.05) is 22.0 Å². The fourth-order valence-corrected chi connectivity index (χ4v) is 5.15. The van der Waals surface area contributed by atoms with Crippen LogP contribution in [0, 0.1) is 0 Å². The van der Waals surface area contributed by atoms with Gasteiger partial charge in [0.05, 0.1) is 4.90 Å². The van der Waals surface area contributed by atoms with E-state index in [2.05, 4.69) is 27.8 Å². The summed E-state index contributed by atoms with van der Waals surface area (Å²) in [6, 6.07) is 14.2. The Kier molecular flexibility index (Phi) is 6.42. The first-order valence-electron chi connectivity index (χ1n) is 9.19. The molecule has 3 rings (SSSR count). The molecule has 0 unspecified atom stereocenters. The second-order valence-corrected chi connectivity index (χ2v) is 9.57. The van der Waals surface area contributed by atoms with Crippen LogP contribution in [0.5, 0.6) is 0 Å². The van der Waals surface area contributed by atoms with E-state index in [1.165, 1.54) is 4.31 Å². The summed E-state index contributed by atoms with van der Waals surface area (Å²) in [7, 11) is -1.55. The highest BCUT2D eigenvalue weighted by molar-refractivity contribution is 9.10. The molecule has 0 bridgehead atoms. The standard InChI is InChI=1S/C20H24BrN3O3S/c1-3-22(2)18-9-7-16(8-10-18)20(25)23-11-13-24(14-12-23)28(26,27)19-6-4-5-17(21)15-19/h4-10,15H,3,11-14H2,1-2H3. The van der Waals surface area contributed by atoms with Gasteiger partial charge in [-0.3, -0.25) is 4.79 Å². The fourth-order valence-electron chi connectivity index (χ4n) is 3.13. The number of piperazine rings is 1. The van der Waals surface area contributed by atoms with Crippen molar-refractivity contribution in [3.05, 3.63) is 58.6 Å². The van der Waals surface area contributed by atoms with Crippen LogP contribution in [0.15, 0.2) is 57.9 Å². The number of hydrogen-bond donors (Lipinski definition) is 0. The molecule has 1 saturated heterocycles. The lowest BCUT2D eigenvalue weighted by molar-refractivity contribution is 0.0698. The molecule has 1 aliphatic heterocycles. The highest BCUT2D eigenvalue weighted by atomic mass is 79.9. The minimum atomic E-state index is -3.56. The van der Waals surface area contributed by atoms with E-state index in [0.717, 1.165) is 16.7 Å². The molecule has 1 fully saturated rings. The Morgan fingerprint density at radius 3 is 2.29 bits per heavy atom. The average molecular weight is 466 g/mol. The molecule has 150 valence electrons. The van der Waals surface area contributed by atoms with Gasteiger partial charge in [0.25, 0.3) is 5.91 Å². The van der Waals surface area contributed by atoms with E-state index in [0.29, 0.717) is 18.7 Å². The summed E-state index contributed by atoms with van der Waals surface area (Å²) >= 11 is 3.31. The monoisotopic (exact) mass is 465 g/mol. The summed E-state index contributed by atoms with van der Waals surface area (Å²) in [6.07, 6.45) is 0. The number of sulfonamides is 1. The molecule has 28 heavy (non-hydrogen) atoms. The Bertz CT molecular complexity index is 939. The van der Waals surface area contributed by atoms with Crippen LogP contribution in [0.1, 0.15) is 17.3 Å². The van der Waals surface area contributed by atoms with Crippen LogP contribution in [0.25, 0.3) is 0 Å². The SMILES string of the molecule is CCN(C)c1ccc(C(=O)N2CCN(S(=O)(=O)c3cccc(Br)c3)CC2)cc1. The molecule has 2 aromatic rings. The molecule has 8 heteroatoms. The first-order valence-corrected chi connectivity index (χ1v) is 11.4. The summed E-state index contributed by atoms with van der Waals surface area (Å²) in [6.45, 7) is 4.29. The van der Waals surface area contributed by atoms with Crippen molar-refractivity contribution in [2.24, 2.45) is 0 Å².